The van der Waals surface area contributed by atoms with Gasteiger partial charge in [-0.15, -0.1) is 0 Å². The minimum atomic E-state index is -0.216. The molecular weight excluding hydrogens is 294 g/mol. The van der Waals surface area contributed by atoms with Gasteiger partial charge in [-0.3, -0.25) is 4.79 Å². The van der Waals surface area contributed by atoms with Gasteiger partial charge >= 0.3 is 0 Å². The molecule has 0 bridgehead atoms. The second-order valence-electron chi connectivity index (χ2n) is 5.20. The van der Waals surface area contributed by atoms with Crippen LogP contribution in [0.15, 0.2) is 36.7 Å². The van der Waals surface area contributed by atoms with Gasteiger partial charge in [0.2, 0.25) is 0 Å². The third kappa shape index (κ3) is 5.23. The van der Waals surface area contributed by atoms with Crippen LogP contribution in [0.3, 0.4) is 0 Å². The molecule has 7 nitrogen and oxygen atoms in total. The Morgan fingerprint density at radius 2 is 1.96 bits per heavy atom. The van der Waals surface area contributed by atoms with Gasteiger partial charge in [-0.2, -0.15) is 0 Å². The van der Waals surface area contributed by atoms with Gasteiger partial charge in [0.1, 0.15) is 23.6 Å². The van der Waals surface area contributed by atoms with Crippen LogP contribution in [0.5, 0.6) is 5.75 Å². The van der Waals surface area contributed by atoms with E-state index >= 15 is 0 Å². The fourth-order valence-corrected chi connectivity index (χ4v) is 1.86. The molecular formula is C16H21N5O2. The van der Waals surface area contributed by atoms with Crippen molar-refractivity contribution in [3.63, 3.8) is 0 Å². The molecule has 1 heterocycles. The number of carbonyl (C=O) groups is 1. The molecule has 0 spiro atoms. The summed E-state index contributed by atoms with van der Waals surface area (Å²) in [6, 6.07) is 9.06. The first-order chi connectivity index (χ1) is 11.1. The number of benzene rings is 1. The smallest absolute Gasteiger partial charge is 0.270 e. The quantitative estimate of drug-likeness (QED) is 0.806. The monoisotopic (exact) mass is 315 g/mol. The van der Waals surface area contributed by atoms with Gasteiger partial charge in [0.05, 0.1) is 7.11 Å². The van der Waals surface area contributed by atoms with Crippen LogP contribution >= 0.6 is 0 Å². The predicted molar refractivity (Wildman–Crippen MR) is 89.2 cm³/mol. The molecule has 1 amide bonds. The highest BCUT2D eigenvalue weighted by molar-refractivity contribution is 5.92. The van der Waals surface area contributed by atoms with Crippen molar-refractivity contribution in [1.29, 1.82) is 0 Å². The summed E-state index contributed by atoms with van der Waals surface area (Å²) in [5.74, 6) is 1.12. The molecule has 122 valence electrons. The summed E-state index contributed by atoms with van der Waals surface area (Å²) in [5.41, 5.74) is 1.18. The number of methoxy groups -OCH3 is 1. The van der Waals surface area contributed by atoms with Crippen LogP contribution < -0.4 is 15.4 Å². The zero-order valence-electron chi connectivity index (χ0n) is 13.5. The van der Waals surface area contributed by atoms with Gasteiger partial charge < -0.3 is 20.3 Å². The summed E-state index contributed by atoms with van der Waals surface area (Å²) < 4.78 is 5.11. The SMILES string of the molecule is COc1ccc(Nc2cc(C(=O)NCCN(C)C)ncn2)cc1. The average Bonchev–Trinajstić information content (AvgIpc) is 2.55. The molecule has 0 radical (unpaired) electrons. The Balaban J connectivity index is 1.99. The van der Waals surface area contributed by atoms with Crippen molar-refractivity contribution in [3.8, 4) is 5.75 Å². The molecule has 0 unspecified atom stereocenters. The van der Waals surface area contributed by atoms with Crippen molar-refractivity contribution in [1.82, 2.24) is 20.2 Å². The standard InChI is InChI=1S/C16H21N5O2/c1-21(2)9-8-17-16(22)14-10-15(19-11-18-14)20-12-4-6-13(23-3)7-5-12/h4-7,10-11H,8-9H2,1-3H3,(H,17,22)(H,18,19,20). The molecule has 23 heavy (non-hydrogen) atoms. The number of hydrogen-bond acceptors (Lipinski definition) is 6. The molecule has 0 atom stereocenters. The van der Waals surface area contributed by atoms with E-state index in [2.05, 4.69) is 20.6 Å². The van der Waals surface area contributed by atoms with Gasteiger partial charge in [-0.1, -0.05) is 0 Å². The minimum Gasteiger partial charge on any atom is -0.497 e. The molecule has 0 fully saturated rings. The molecule has 2 aromatic rings. The Morgan fingerprint density at radius 1 is 1.22 bits per heavy atom. The summed E-state index contributed by atoms with van der Waals surface area (Å²) in [6.45, 7) is 1.34. The summed E-state index contributed by atoms with van der Waals surface area (Å²) in [5, 5.41) is 5.95. The first-order valence-corrected chi connectivity index (χ1v) is 7.24. The van der Waals surface area contributed by atoms with Gasteiger partial charge in [0.15, 0.2) is 0 Å². The fraction of sp³-hybridized carbons (Fsp3) is 0.312. The van der Waals surface area contributed by atoms with Crippen LogP contribution in [-0.2, 0) is 0 Å². The number of aromatic nitrogens is 2. The van der Waals surface area contributed by atoms with Crippen molar-refractivity contribution in [2.24, 2.45) is 0 Å². The van der Waals surface area contributed by atoms with E-state index in [9.17, 15) is 4.79 Å². The van der Waals surface area contributed by atoms with Crippen molar-refractivity contribution in [3.05, 3.63) is 42.4 Å². The zero-order valence-corrected chi connectivity index (χ0v) is 13.5. The third-order valence-electron chi connectivity index (χ3n) is 3.11. The van der Waals surface area contributed by atoms with E-state index in [0.29, 0.717) is 18.1 Å². The lowest BCUT2D eigenvalue weighted by atomic mass is 10.3. The molecule has 0 saturated heterocycles. The molecule has 0 aliphatic carbocycles. The Labute approximate surface area is 135 Å². The van der Waals surface area contributed by atoms with E-state index in [0.717, 1.165) is 18.0 Å². The maximum absolute atomic E-state index is 12.1. The Bertz CT molecular complexity index is 643. The highest BCUT2D eigenvalue weighted by atomic mass is 16.5. The molecule has 7 heteroatoms. The van der Waals surface area contributed by atoms with Crippen molar-refractivity contribution in [2.45, 2.75) is 0 Å². The second kappa shape index (κ2) is 8.09. The normalized spacial score (nSPS) is 10.4. The summed E-state index contributed by atoms with van der Waals surface area (Å²) >= 11 is 0. The molecule has 2 N–H and O–H groups in total. The van der Waals surface area contributed by atoms with E-state index < -0.39 is 0 Å². The van der Waals surface area contributed by atoms with Gasteiger partial charge in [-0.05, 0) is 38.4 Å². The molecule has 1 aromatic carbocycles. The Morgan fingerprint density at radius 3 is 2.61 bits per heavy atom. The lowest BCUT2D eigenvalue weighted by Crippen LogP contribution is -2.31. The topological polar surface area (TPSA) is 79.4 Å². The predicted octanol–water partition coefficient (Wildman–Crippen LogP) is 1.52. The van der Waals surface area contributed by atoms with Gasteiger partial charge in [-0.25, -0.2) is 9.97 Å². The van der Waals surface area contributed by atoms with Crippen molar-refractivity contribution in [2.75, 3.05) is 39.6 Å². The Kier molecular flexibility index (Phi) is 5.87. The first kappa shape index (κ1) is 16.7. The highest BCUT2D eigenvalue weighted by Gasteiger charge is 2.08. The first-order valence-electron chi connectivity index (χ1n) is 7.24. The number of ether oxygens (including phenoxy) is 1. The van der Waals surface area contributed by atoms with Crippen LogP contribution in [-0.4, -0.2) is 55.1 Å². The Hall–Kier alpha value is -2.67. The van der Waals surface area contributed by atoms with E-state index in [4.69, 9.17) is 4.74 Å². The minimum absolute atomic E-state index is 0.216. The van der Waals surface area contributed by atoms with Crippen LogP contribution in [0.2, 0.25) is 0 Å². The summed E-state index contributed by atoms with van der Waals surface area (Å²) in [4.78, 5) is 22.2. The number of amides is 1. The van der Waals surface area contributed by atoms with Crippen molar-refractivity contribution >= 4 is 17.4 Å². The summed E-state index contributed by atoms with van der Waals surface area (Å²) in [7, 11) is 5.52. The van der Waals surface area contributed by atoms with Crippen LogP contribution in [0, 0.1) is 0 Å². The van der Waals surface area contributed by atoms with E-state index in [1.807, 2.05) is 43.3 Å². The molecule has 0 aliphatic rings. The van der Waals surface area contributed by atoms with Crippen LogP contribution in [0.25, 0.3) is 0 Å². The van der Waals surface area contributed by atoms with Crippen molar-refractivity contribution < 1.29 is 9.53 Å². The second-order valence-corrected chi connectivity index (χ2v) is 5.20. The zero-order chi connectivity index (χ0) is 16.7. The van der Waals surface area contributed by atoms with Crippen LogP contribution in [0.4, 0.5) is 11.5 Å². The number of rotatable bonds is 7. The maximum Gasteiger partial charge on any atom is 0.270 e. The number of carbonyl (C=O) groups excluding carboxylic acids is 1. The van der Waals surface area contributed by atoms with Gasteiger partial charge in [0.25, 0.3) is 5.91 Å². The largest absolute Gasteiger partial charge is 0.497 e. The fourth-order valence-electron chi connectivity index (χ4n) is 1.86. The van der Waals surface area contributed by atoms with Gasteiger partial charge in [0, 0.05) is 24.8 Å². The summed E-state index contributed by atoms with van der Waals surface area (Å²) in [6.07, 6.45) is 1.37. The number of nitrogens with zero attached hydrogens (tertiary/aromatic N) is 3. The van der Waals surface area contributed by atoms with Crippen LogP contribution in [0.1, 0.15) is 10.5 Å². The molecule has 0 aliphatic heterocycles. The molecule has 2 rings (SSSR count). The lowest BCUT2D eigenvalue weighted by Gasteiger charge is -2.11. The number of nitrogens with one attached hydrogen (secondary N) is 2. The number of hydrogen-bond donors (Lipinski definition) is 2. The number of likely N-dealkylation sites (N-methyl/N-ethyl adjacent to an activating group) is 1. The highest BCUT2D eigenvalue weighted by Crippen LogP contribution is 2.18. The van der Waals surface area contributed by atoms with E-state index in [-0.39, 0.29) is 5.91 Å². The molecule has 1 aromatic heterocycles. The number of anilines is 2. The van der Waals surface area contributed by atoms with E-state index in [1.165, 1.54) is 6.33 Å². The van der Waals surface area contributed by atoms with E-state index in [1.54, 1.807) is 13.2 Å². The molecule has 0 saturated carbocycles. The maximum atomic E-state index is 12.1. The third-order valence-corrected chi connectivity index (χ3v) is 3.11. The average molecular weight is 315 g/mol. The lowest BCUT2D eigenvalue weighted by molar-refractivity contribution is 0.0946.